The number of carbonyl (C=O) groups excluding carboxylic acids is 3. The number of rotatable bonds is 5. The smallest absolute Gasteiger partial charge is 0.233 e. The molecule has 0 radical (unpaired) electrons. The van der Waals surface area contributed by atoms with E-state index in [2.05, 4.69) is 0 Å². The van der Waals surface area contributed by atoms with Gasteiger partial charge < -0.3 is 0 Å². The van der Waals surface area contributed by atoms with Gasteiger partial charge in [0.05, 0.1) is 0 Å². The molecule has 1 aromatic carbocycles. The van der Waals surface area contributed by atoms with Crippen LogP contribution in [0, 0.1) is 0 Å². The fourth-order valence-corrected chi connectivity index (χ4v) is 2.16. The number of Topliss-reactive ketones (excluding diaryl/α,β-unsaturated/α-hetero) is 3. The van der Waals surface area contributed by atoms with E-state index in [4.69, 9.17) is 0 Å². The van der Waals surface area contributed by atoms with Gasteiger partial charge in [-0.2, -0.15) is 0 Å². The molecule has 0 saturated carbocycles. The predicted molar refractivity (Wildman–Crippen MR) is 72.9 cm³/mol. The molecule has 0 heterocycles. The van der Waals surface area contributed by atoms with E-state index in [0.717, 1.165) is 18.4 Å². The lowest BCUT2D eigenvalue weighted by Crippen LogP contribution is -2.22. The summed E-state index contributed by atoms with van der Waals surface area (Å²) < 4.78 is 0. The largest absolute Gasteiger partial charge is 0.299 e. The highest BCUT2D eigenvalue weighted by Gasteiger charge is 2.27. The van der Waals surface area contributed by atoms with Gasteiger partial charge in [-0.05, 0) is 18.1 Å². The van der Waals surface area contributed by atoms with Gasteiger partial charge in [0.2, 0.25) is 11.6 Å². The van der Waals surface area contributed by atoms with Crippen LogP contribution in [0.15, 0.2) is 29.8 Å². The number of fused-ring (bicyclic) bond motifs is 1. The second-order valence-corrected chi connectivity index (χ2v) is 4.73. The summed E-state index contributed by atoms with van der Waals surface area (Å²) in [4.78, 5) is 35.6. The quantitative estimate of drug-likeness (QED) is 0.761. The van der Waals surface area contributed by atoms with Crippen LogP contribution in [0.1, 0.15) is 48.5 Å². The first-order valence-corrected chi connectivity index (χ1v) is 6.53. The molecule has 0 aromatic heterocycles. The lowest BCUT2D eigenvalue weighted by Gasteiger charge is -2.13. The maximum absolute atomic E-state index is 11.9. The van der Waals surface area contributed by atoms with Gasteiger partial charge in [-0.1, -0.05) is 37.6 Å². The highest BCUT2D eigenvalue weighted by Crippen LogP contribution is 2.24. The third-order valence-corrected chi connectivity index (χ3v) is 3.23. The Labute approximate surface area is 112 Å². The molecule has 1 aromatic rings. The van der Waals surface area contributed by atoms with E-state index in [0.29, 0.717) is 17.6 Å². The van der Waals surface area contributed by atoms with E-state index >= 15 is 0 Å². The van der Waals surface area contributed by atoms with Gasteiger partial charge in [-0.25, -0.2) is 0 Å². The zero-order valence-corrected chi connectivity index (χ0v) is 10.9. The minimum Gasteiger partial charge on any atom is -0.299 e. The Kier molecular flexibility index (Phi) is 4.05. The van der Waals surface area contributed by atoms with E-state index in [-0.39, 0.29) is 12.2 Å². The van der Waals surface area contributed by atoms with Crippen molar-refractivity contribution < 1.29 is 14.4 Å². The van der Waals surface area contributed by atoms with Crippen LogP contribution in [-0.4, -0.2) is 17.3 Å². The molecule has 3 heteroatoms. The van der Waals surface area contributed by atoms with Crippen LogP contribution in [0.3, 0.4) is 0 Å². The van der Waals surface area contributed by atoms with E-state index in [1.807, 2.05) is 13.0 Å². The Morgan fingerprint density at radius 1 is 1.11 bits per heavy atom. The zero-order valence-electron chi connectivity index (χ0n) is 10.9. The van der Waals surface area contributed by atoms with Crippen molar-refractivity contribution in [3.63, 3.8) is 0 Å². The molecule has 0 atom stereocenters. The normalized spacial score (nSPS) is 14.1. The average molecular weight is 256 g/mol. The summed E-state index contributed by atoms with van der Waals surface area (Å²) in [5, 5.41) is 0. The first-order chi connectivity index (χ1) is 9.13. The lowest BCUT2D eigenvalue weighted by molar-refractivity contribution is -0.120. The fraction of sp³-hybridized carbons (Fsp3) is 0.312. The number of benzene rings is 1. The van der Waals surface area contributed by atoms with Crippen molar-refractivity contribution in [2.45, 2.75) is 32.6 Å². The van der Waals surface area contributed by atoms with Crippen molar-refractivity contribution in [3.05, 3.63) is 41.0 Å². The maximum Gasteiger partial charge on any atom is 0.233 e. The van der Waals surface area contributed by atoms with Crippen LogP contribution in [0.2, 0.25) is 0 Å². The maximum atomic E-state index is 11.9. The summed E-state index contributed by atoms with van der Waals surface area (Å²) in [6.07, 6.45) is 3.98. The van der Waals surface area contributed by atoms with Crippen LogP contribution in [-0.2, 0) is 9.59 Å². The summed E-state index contributed by atoms with van der Waals surface area (Å²) in [7, 11) is 0. The van der Waals surface area contributed by atoms with Crippen molar-refractivity contribution in [2.75, 3.05) is 0 Å². The zero-order chi connectivity index (χ0) is 13.8. The van der Waals surface area contributed by atoms with Gasteiger partial charge in [0.25, 0.3) is 0 Å². The molecule has 3 nitrogen and oxygen atoms in total. The molecule has 1 aliphatic carbocycles. The molecule has 19 heavy (non-hydrogen) atoms. The summed E-state index contributed by atoms with van der Waals surface area (Å²) in [5.41, 5.74) is 1.48. The lowest BCUT2D eigenvalue weighted by atomic mass is 9.87. The first-order valence-electron chi connectivity index (χ1n) is 6.53. The fourth-order valence-electron chi connectivity index (χ4n) is 2.16. The van der Waals surface area contributed by atoms with Gasteiger partial charge in [0.15, 0.2) is 0 Å². The van der Waals surface area contributed by atoms with Gasteiger partial charge >= 0.3 is 0 Å². The minimum absolute atomic E-state index is 0.0219. The number of ketones is 3. The predicted octanol–water partition coefficient (Wildman–Crippen LogP) is 2.98. The van der Waals surface area contributed by atoms with Gasteiger partial charge in [0.1, 0.15) is 5.78 Å². The second-order valence-electron chi connectivity index (χ2n) is 4.73. The van der Waals surface area contributed by atoms with E-state index in [1.54, 1.807) is 24.3 Å². The van der Waals surface area contributed by atoms with Gasteiger partial charge in [-0.15, -0.1) is 0 Å². The SMILES string of the molecule is CCCCC(=O)CC1=Cc2ccccc2C(=O)C1=O. The third-order valence-electron chi connectivity index (χ3n) is 3.23. The molecule has 0 amide bonds. The topological polar surface area (TPSA) is 51.2 Å². The van der Waals surface area contributed by atoms with Crippen LogP contribution < -0.4 is 0 Å². The van der Waals surface area contributed by atoms with Crippen molar-refractivity contribution in [1.82, 2.24) is 0 Å². The number of hydrogen-bond acceptors (Lipinski definition) is 3. The van der Waals surface area contributed by atoms with Gasteiger partial charge in [-0.3, -0.25) is 14.4 Å². The number of hydrogen-bond donors (Lipinski definition) is 0. The van der Waals surface area contributed by atoms with Crippen molar-refractivity contribution in [1.29, 1.82) is 0 Å². The summed E-state index contributed by atoms with van der Waals surface area (Å²) in [5.74, 6) is -1.02. The standard InChI is InChI=1S/C16H16O3/c1-2-3-7-13(17)10-12-9-11-6-4-5-8-14(11)16(19)15(12)18/h4-6,8-9H,2-3,7,10H2,1H3. The van der Waals surface area contributed by atoms with Gasteiger partial charge in [0, 0.05) is 24.0 Å². The average Bonchev–Trinajstić information content (AvgIpc) is 2.42. The molecule has 0 unspecified atom stereocenters. The molecule has 0 fully saturated rings. The summed E-state index contributed by atoms with van der Waals surface area (Å²) in [6.45, 7) is 2.01. The summed E-state index contributed by atoms with van der Waals surface area (Å²) in [6, 6.07) is 6.97. The molecule has 0 bridgehead atoms. The monoisotopic (exact) mass is 256 g/mol. The van der Waals surface area contributed by atoms with Crippen LogP contribution in [0.4, 0.5) is 0 Å². The highest BCUT2D eigenvalue weighted by atomic mass is 16.2. The highest BCUT2D eigenvalue weighted by molar-refractivity contribution is 6.52. The molecule has 2 rings (SSSR count). The Bertz CT molecular complexity index is 567. The van der Waals surface area contributed by atoms with Crippen LogP contribution >= 0.6 is 0 Å². The number of carbonyl (C=O) groups is 3. The molecule has 98 valence electrons. The molecule has 0 saturated heterocycles. The minimum atomic E-state index is -0.538. The van der Waals surface area contributed by atoms with Crippen LogP contribution in [0.5, 0.6) is 0 Å². The summed E-state index contributed by atoms with van der Waals surface area (Å²) >= 11 is 0. The molecule has 0 spiro atoms. The van der Waals surface area contributed by atoms with E-state index < -0.39 is 11.6 Å². The first kappa shape index (κ1) is 13.4. The molecular formula is C16H16O3. The third kappa shape index (κ3) is 2.87. The molecular weight excluding hydrogens is 240 g/mol. The number of unbranched alkanes of at least 4 members (excludes halogenated alkanes) is 1. The van der Waals surface area contributed by atoms with Crippen molar-refractivity contribution in [2.24, 2.45) is 0 Å². The van der Waals surface area contributed by atoms with Crippen molar-refractivity contribution in [3.8, 4) is 0 Å². The van der Waals surface area contributed by atoms with E-state index in [1.165, 1.54) is 0 Å². The van der Waals surface area contributed by atoms with Crippen LogP contribution in [0.25, 0.3) is 6.08 Å². The van der Waals surface area contributed by atoms with Crippen molar-refractivity contribution >= 4 is 23.4 Å². The molecule has 0 N–H and O–H groups in total. The Balaban J connectivity index is 2.22. The Morgan fingerprint density at radius 3 is 2.58 bits per heavy atom. The Hall–Kier alpha value is -2.03. The molecule has 0 aliphatic heterocycles. The Morgan fingerprint density at radius 2 is 1.84 bits per heavy atom. The number of allylic oxidation sites excluding steroid dienone is 1. The second kappa shape index (κ2) is 5.74. The molecule has 1 aliphatic rings. The van der Waals surface area contributed by atoms with E-state index in [9.17, 15) is 14.4 Å².